The van der Waals surface area contributed by atoms with Gasteiger partial charge in [0.25, 0.3) is 0 Å². The maximum absolute atomic E-state index is 3.83. The summed E-state index contributed by atoms with van der Waals surface area (Å²) in [6.07, 6.45) is 3.99. The molecule has 2 fully saturated rings. The zero-order chi connectivity index (χ0) is 14.3. The van der Waals surface area contributed by atoms with Gasteiger partial charge in [-0.25, -0.2) is 0 Å². The Morgan fingerprint density at radius 2 is 2.15 bits per heavy atom. The Morgan fingerprint density at radius 1 is 1.40 bits per heavy atom. The van der Waals surface area contributed by atoms with Gasteiger partial charge in [0.15, 0.2) is 0 Å². The molecule has 1 aromatic rings. The smallest absolute Gasteiger partial charge is 0.0412 e. The number of anilines is 1. The van der Waals surface area contributed by atoms with Crippen LogP contribution >= 0.6 is 15.9 Å². The molecule has 2 aliphatic rings. The maximum atomic E-state index is 3.83. The van der Waals surface area contributed by atoms with Crippen LogP contribution in [0.2, 0.25) is 0 Å². The van der Waals surface area contributed by atoms with Crippen molar-refractivity contribution in [3.63, 3.8) is 0 Å². The van der Waals surface area contributed by atoms with Crippen LogP contribution in [0.1, 0.15) is 38.7 Å². The van der Waals surface area contributed by atoms with Crippen LogP contribution in [0.15, 0.2) is 22.7 Å². The first-order chi connectivity index (χ1) is 9.53. The number of benzene rings is 1. The van der Waals surface area contributed by atoms with E-state index in [1.807, 2.05) is 0 Å². The molecule has 20 heavy (non-hydrogen) atoms. The quantitative estimate of drug-likeness (QED) is 0.893. The van der Waals surface area contributed by atoms with Crippen molar-refractivity contribution in [1.82, 2.24) is 5.32 Å². The average molecular weight is 337 g/mol. The number of nitrogens with zero attached hydrogens (tertiary/aromatic N) is 1. The molecule has 1 saturated carbocycles. The predicted molar refractivity (Wildman–Crippen MR) is 89.4 cm³/mol. The molecule has 1 N–H and O–H groups in total. The first-order valence-electron chi connectivity index (χ1n) is 7.81. The standard InChI is InChI=1S/C17H25BrN2/c1-4-14-10-19-17(3,13-5-6-13)11-20(14)15-7-8-16(18)12(2)9-15/h7-9,13-14,19H,4-6,10-11H2,1-3H3. The molecule has 0 aromatic heterocycles. The summed E-state index contributed by atoms with van der Waals surface area (Å²) in [6.45, 7) is 9.13. The molecule has 2 unspecified atom stereocenters. The van der Waals surface area contributed by atoms with Crippen LogP contribution in [0.25, 0.3) is 0 Å². The first-order valence-corrected chi connectivity index (χ1v) is 8.60. The lowest BCUT2D eigenvalue weighted by molar-refractivity contribution is 0.252. The summed E-state index contributed by atoms with van der Waals surface area (Å²) in [5.74, 6) is 0.874. The fraction of sp³-hybridized carbons (Fsp3) is 0.647. The molecule has 1 heterocycles. The van der Waals surface area contributed by atoms with Crippen molar-refractivity contribution in [2.24, 2.45) is 5.92 Å². The molecule has 0 amide bonds. The van der Waals surface area contributed by atoms with Crippen molar-refractivity contribution in [2.45, 2.75) is 51.6 Å². The van der Waals surface area contributed by atoms with Gasteiger partial charge in [0.2, 0.25) is 0 Å². The molecule has 2 atom stereocenters. The van der Waals surface area contributed by atoms with E-state index in [9.17, 15) is 0 Å². The highest BCUT2D eigenvalue weighted by molar-refractivity contribution is 9.10. The lowest BCUT2D eigenvalue weighted by Gasteiger charge is -2.48. The van der Waals surface area contributed by atoms with Crippen molar-refractivity contribution in [3.05, 3.63) is 28.2 Å². The predicted octanol–water partition coefficient (Wildman–Crippen LogP) is 4.11. The second-order valence-electron chi connectivity index (χ2n) is 6.70. The van der Waals surface area contributed by atoms with E-state index < -0.39 is 0 Å². The van der Waals surface area contributed by atoms with Crippen LogP contribution in [0.3, 0.4) is 0 Å². The van der Waals surface area contributed by atoms with E-state index in [0.717, 1.165) is 19.0 Å². The number of rotatable bonds is 3. The van der Waals surface area contributed by atoms with E-state index in [1.54, 1.807) is 0 Å². The minimum Gasteiger partial charge on any atom is -0.365 e. The normalized spacial score (nSPS) is 30.6. The molecule has 3 heteroatoms. The van der Waals surface area contributed by atoms with Crippen LogP contribution in [-0.4, -0.2) is 24.7 Å². The first kappa shape index (κ1) is 14.4. The van der Waals surface area contributed by atoms with Gasteiger partial charge >= 0.3 is 0 Å². The molecule has 110 valence electrons. The van der Waals surface area contributed by atoms with Crippen LogP contribution in [0.5, 0.6) is 0 Å². The third-order valence-corrected chi connectivity index (χ3v) is 5.99. The second kappa shape index (κ2) is 5.34. The number of hydrogen-bond donors (Lipinski definition) is 1. The minimum absolute atomic E-state index is 0.298. The summed E-state index contributed by atoms with van der Waals surface area (Å²) in [5.41, 5.74) is 3.00. The molecule has 3 rings (SSSR count). The third-order valence-electron chi connectivity index (χ3n) is 5.10. The van der Waals surface area contributed by atoms with Crippen LogP contribution in [0.4, 0.5) is 5.69 Å². The third kappa shape index (κ3) is 2.62. The number of hydrogen-bond acceptors (Lipinski definition) is 2. The SMILES string of the molecule is CCC1CNC(C)(C2CC2)CN1c1ccc(Br)c(C)c1. The van der Waals surface area contributed by atoms with Gasteiger partial charge in [-0.2, -0.15) is 0 Å². The summed E-state index contributed by atoms with van der Waals surface area (Å²) in [7, 11) is 0. The summed E-state index contributed by atoms with van der Waals surface area (Å²) < 4.78 is 1.20. The molecule has 0 spiro atoms. The molecule has 1 saturated heterocycles. The average Bonchev–Trinajstić information content (AvgIpc) is 3.27. The molecule has 1 aliphatic carbocycles. The van der Waals surface area contributed by atoms with Gasteiger partial charge in [-0.3, -0.25) is 0 Å². The molecule has 2 nitrogen and oxygen atoms in total. The lowest BCUT2D eigenvalue weighted by atomic mass is 9.90. The fourth-order valence-electron chi connectivity index (χ4n) is 3.47. The summed E-state index contributed by atoms with van der Waals surface area (Å²) in [4.78, 5) is 2.63. The van der Waals surface area contributed by atoms with Crippen molar-refractivity contribution in [2.75, 3.05) is 18.0 Å². The van der Waals surface area contributed by atoms with Crippen molar-refractivity contribution in [1.29, 1.82) is 0 Å². The van der Waals surface area contributed by atoms with E-state index in [0.29, 0.717) is 11.6 Å². The Balaban J connectivity index is 1.88. The maximum Gasteiger partial charge on any atom is 0.0412 e. The van der Waals surface area contributed by atoms with E-state index in [-0.39, 0.29) is 0 Å². The molecular formula is C17H25BrN2. The zero-order valence-corrected chi connectivity index (χ0v) is 14.3. The molecular weight excluding hydrogens is 312 g/mol. The Bertz CT molecular complexity index is 498. The fourth-order valence-corrected chi connectivity index (χ4v) is 3.71. The monoisotopic (exact) mass is 336 g/mol. The van der Waals surface area contributed by atoms with Gasteiger partial charge in [0.1, 0.15) is 0 Å². The van der Waals surface area contributed by atoms with E-state index in [1.165, 1.54) is 35.0 Å². The Labute approximate surface area is 131 Å². The summed E-state index contributed by atoms with van der Waals surface area (Å²) in [5, 5.41) is 3.83. The summed E-state index contributed by atoms with van der Waals surface area (Å²) >= 11 is 3.61. The second-order valence-corrected chi connectivity index (χ2v) is 7.55. The highest BCUT2D eigenvalue weighted by Gasteiger charge is 2.45. The van der Waals surface area contributed by atoms with Gasteiger partial charge in [0, 0.05) is 34.8 Å². The number of nitrogens with one attached hydrogen (secondary N) is 1. The van der Waals surface area contributed by atoms with E-state index in [4.69, 9.17) is 0 Å². The van der Waals surface area contributed by atoms with Crippen molar-refractivity contribution in [3.8, 4) is 0 Å². The number of aryl methyl sites for hydroxylation is 1. The van der Waals surface area contributed by atoms with Gasteiger partial charge in [-0.15, -0.1) is 0 Å². The molecule has 0 radical (unpaired) electrons. The molecule has 0 bridgehead atoms. The van der Waals surface area contributed by atoms with Crippen LogP contribution < -0.4 is 10.2 Å². The molecule has 1 aromatic carbocycles. The van der Waals surface area contributed by atoms with Gasteiger partial charge in [-0.1, -0.05) is 22.9 Å². The molecule has 1 aliphatic heterocycles. The Morgan fingerprint density at radius 3 is 2.75 bits per heavy atom. The highest BCUT2D eigenvalue weighted by atomic mass is 79.9. The largest absolute Gasteiger partial charge is 0.365 e. The van der Waals surface area contributed by atoms with Crippen LogP contribution in [-0.2, 0) is 0 Å². The van der Waals surface area contributed by atoms with E-state index >= 15 is 0 Å². The number of halogens is 1. The van der Waals surface area contributed by atoms with Crippen LogP contribution in [0, 0.1) is 12.8 Å². The van der Waals surface area contributed by atoms with Crippen molar-refractivity contribution >= 4 is 21.6 Å². The topological polar surface area (TPSA) is 15.3 Å². The Hall–Kier alpha value is -0.540. The summed E-state index contributed by atoms with van der Waals surface area (Å²) in [6, 6.07) is 7.39. The number of piperazine rings is 1. The van der Waals surface area contributed by atoms with Gasteiger partial charge < -0.3 is 10.2 Å². The zero-order valence-electron chi connectivity index (χ0n) is 12.7. The minimum atomic E-state index is 0.298. The lowest BCUT2D eigenvalue weighted by Crippen LogP contribution is -2.64. The van der Waals surface area contributed by atoms with Crippen molar-refractivity contribution < 1.29 is 0 Å². The van der Waals surface area contributed by atoms with Gasteiger partial charge in [0.05, 0.1) is 0 Å². The van der Waals surface area contributed by atoms with E-state index in [2.05, 4.69) is 65.1 Å². The Kier molecular flexibility index (Phi) is 3.85. The van der Waals surface area contributed by atoms with Gasteiger partial charge in [-0.05, 0) is 62.8 Å². The highest BCUT2D eigenvalue weighted by Crippen LogP contribution is 2.42.